The summed E-state index contributed by atoms with van der Waals surface area (Å²) in [7, 11) is 1.64. The summed E-state index contributed by atoms with van der Waals surface area (Å²) in [5, 5.41) is 5.73. The van der Waals surface area contributed by atoms with Crippen LogP contribution in [0.1, 0.15) is 11.1 Å². The molecule has 0 unspecified atom stereocenters. The zero-order valence-electron chi connectivity index (χ0n) is 11.9. The number of carbonyl (C=O) groups excluding carboxylic acids is 1. The number of nitrogens with zero attached hydrogens (tertiary/aromatic N) is 2. The molecule has 21 heavy (non-hydrogen) atoms. The van der Waals surface area contributed by atoms with Gasteiger partial charge < -0.3 is 5.32 Å². The van der Waals surface area contributed by atoms with Crippen LogP contribution in [-0.4, -0.2) is 22.9 Å². The van der Waals surface area contributed by atoms with Gasteiger partial charge in [0.25, 0.3) is 0 Å². The van der Waals surface area contributed by atoms with Crippen LogP contribution in [0, 0.1) is 6.92 Å². The maximum atomic E-state index is 11.5. The molecule has 2 aromatic heterocycles. The van der Waals surface area contributed by atoms with E-state index in [0.717, 1.165) is 33.4 Å². The van der Waals surface area contributed by atoms with Crippen LogP contribution in [0.15, 0.2) is 35.2 Å². The Morgan fingerprint density at radius 3 is 2.86 bits per heavy atom. The van der Waals surface area contributed by atoms with Crippen molar-refractivity contribution in [2.75, 3.05) is 7.05 Å². The zero-order chi connectivity index (χ0) is 14.8. The number of benzene rings is 1. The quantitative estimate of drug-likeness (QED) is 0.808. The third-order valence-corrected chi connectivity index (χ3v) is 4.01. The summed E-state index contributed by atoms with van der Waals surface area (Å²) < 4.78 is 0. The Morgan fingerprint density at radius 2 is 2.14 bits per heavy atom. The van der Waals surface area contributed by atoms with Gasteiger partial charge in [0.05, 0.1) is 28.8 Å². The average Bonchev–Trinajstić information content (AvgIpc) is 3.01. The van der Waals surface area contributed by atoms with Crippen LogP contribution in [0.25, 0.3) is 22.3 Å². The number of nitrogens with one attached hydrogen (secondary N) is 1. The van der Waals surface area contributed by atoms with Gasteiger partial charge in [-0.3, -0.25) is 4.79 Å². The van der Waals surface area contributed by atoms with E-state index in [2.05, 4.69) is 28.3 Å². The van der Waals surface area contributed by atoms with E-state index in [1.165, 1.54) is 0 Å². The van der Waals surface area contributed by atoms with Crippen LogP contribution in [0.3, 0.4) is 0 Å². The third kappa shape index (κ3) is 2.78. The molecule has 0 spiro atoms. The van der Waals surface area contributed by atoms with Gasteiger partial charge in [0.2, 0.25) is 5.91 Å². The van der Waals surface area contributed by atoms with E-state index < -0.39 is 0 Å². The van der Waals surface area contributed by atoms with Gasteiger partial charge in [0.15, 0.2) is 0 Å². The lowest BCUT2D eigenvalue weighted by molar-refractivity contribution is -0.119. The maximum Gasteiger partial charge on any atom is 0.224 e. The van der Waals surface area contributed by atoms with Gasteiger partial charge in [0.1, 0.15) is 0 Å². The monoisotopic (exact) mass is 297 g/mol. The average molecular weight is 297 g/mol. The lowest BCUT2D eigenvalue weighted by atomic mass is 10.0. The van der Waals surface area contributed by atoms with Gasteiger partial charge >= 0.3 is 0 Å². The number of aryl methyl sites for hydroxylation is 1. The third-order valence-electron chi connectivity index (χ3n) is 3.42. The van der Waals surface area contributed by atoms with Crippen LogP contribution in [0.4, 0.5) is 0 Å². The Morgan fingerprint density at radius 1 is 1.29 bits per heavy atom. The molecule has 0 aliphatic carbocycles. The van der Waals surface area contributed by atoms with Gasteiger partial charge in [-0.05, 0) is 30.2 Å². The SMILES string of the molecule is CNC(=O)Cc1ccc2c(C)cc(-c3cscn3)nc2c1. The second-order valence-corrected chi connectivity index (χ2v) is 5.62. The van der Waals surface area contributed by atoms with Crippen molar-refractivity contribution >= 4 is 28.1 Å². The molecule has 0 fully saturated rings. The van der Waals surface area contributed by atoms with Crippen molar-refractivity contribution in [3.8, 4) is 11.4 Å². The number of rotatable bonds is 3. The second kappa shape index (κ2) is 5.61. The van der Waals surface area contributed by atoms with Gasteiger partial charge in [-0.25, -0.2) is 9.97 Å². The van der Waals surface area contributed by atoms with E-state index in [-0.39, 0.29) is 5.91 Å². The molecule has 3 rings (SSSR count). The topological polar surface area (TPSA) is 54.9 Å². The molecule has 106 valence electrons. The van der Waals surface area contributed by atoms with Gasteiger partial charge in [-0.2, -0.15) is 0 Å². The highest BCUT2D eigenvalue weighted by Crippen LogP contribution is 2.25. The normalized spacial score (nSPS) is 10.8. The van der Waals surface area contributed by atoms with Crippen molar-refractivity contribution in [3.63, 3.8) is 0 Å². The Labute approximate surface area is 126 Å². The molecular weight excluding hydrogens is 282 g/mol. The highest BCUT2D eigenvalue weighted by Gasteiger charge is 2.08. The highest BCUT2D eigenvalue weighted by atomic mass is 32.1. The molecule has 5 heteroatoms. The molecule has 0 bridgehead atoms. The minimum Gasteiger partial charge on any atom is -0.359 e. The standard InChI is InChI=1S/C16H15N3OS/c1-10-5-14(15-8-21-9-18-15)19-13-6-11(3-4-12(10)13)7-16(20)17-2/h3-6,8-9H,7H2,1-2H3,(H,17,20). The summed E-state index contributed by atoms with van der Waals surface area (Å²) in [4.78, 5) is 20.5. The van der Waals surface area contributed by atoms with E-state index in [1.807, 2.05) is 23.6 Å². The minimum absolute atomic E-state index is 0.00160. The van der Waals surface area contributed by atoms with Crippen molar-refractivity contribution in [1.29, 1.82) is 0 Å². The predicted octanol–water partition coefficient (Wildman–Crippen LogP) is 2.96. The first-order chi connectivity index (χ1) is 10.2. The van der Waals surface area contributed by atoms with E-state index >= 15 is 0 Å². The molecule has 0 aliphatic heterocycles. The van der Waals surface area contributed by atoms with Crippen molar-refractivity contribution in [1.82, 2.24) is 15.3 Å². The summed E-state index contributed by atoms with van der Waals surface area (Å²) in [5.41, 5.74) is 6.59. The van der Waals surface area contributed by atoms with Crippen molar-refractivity contribution in [3.05, 3.63) is 46.3 Å². The molecule has 0 saturated heterocycles. The number of carbonyl (C=O) groups is 1. The summed E-state index contributed by atoms with van der Waals surface area (Å²) in [6.07, 6.45) is 0.369. The van der Waals surface area contributed by atoms with Crippen LogP contribution in [0.2, 0.25) is 0 Å². The molecule has 1 aromatic carbocycles. The van der Waals surface area contributed by atoms with E-state index in [9.17, 15) is 4.79 Å². The molecule has 3 aromatic rings. The van der Waals surface area contributed by atoms with E-state index in [0.29, 0.717) is 6.42 Å². The van der Waals surface area contributed by atoms with Gasteiger partial charge in [-0.1, -0.05) is 12.1 Å². The number of hydrogen-bond donors (Lipinski definition) is 1. The molecule has 0 saturated carbocycles. The fourth-order valence-electron chi connectivity index (χ4n) is 2.30. The summed E-state index contributed by atoms with van der Waals surface area (Å²) in [6, 6.07) is 8.04. The number of fused-ring (bicyclic) bond motifs is 1. The number of pyridine rings is 1. The first-order valence-corrected chi connectivity index (χ1v) is 7.61. The number of thiazole rings is 1. The molecule has 0 aliphatic rings. The Kier molecular flexibility index (Phi) is 3.66. The largest absolute Gasteiger partial charge is 0.359 e. The number of hydrogen-bond acceptors (Lipinski definition) is 4. The van der Waals surface area contributed by atoms with Gasteiger partial charge in [-0.15, -0.1) is 11.3 Å². The molecule has 0 radical (unpaired) electrons. The van der Waals surface area contributed by atoms with Crippen LogP contribution < -0.4 is 5.32 Å². The van der Waals surface area contributed by atoms with Crippen LogP contribution in [-0.2, 0) is 11.2 Å². The van der Waals surface area contributed by atoms with Crippen molar-refractivity contribution < 1.29 is 4.79 Å². The lowest BCUT2D eigenvalue weighted by Crippen LogP contribution is -2.19. The van der Waals surface area contributed by atoms with E-state index in [4.69, 9.17) is 0 Å². The first kappa shape index (κ1) is 13.7. The Balaban J connectivity index is 2.08. The summed E-state index contributed by atoms with van der Waals surface area (Å²) >= 11 is 1.56. The molecule has 0 atom stereocenters. The number of amides is 1. The smallest absolute Gasteiger partial charge is 0.224 e. The molecule has 2 heterocycles. The lowest BCUT2D eigenvalue weighted by Gasteiger charge is -2.07. The molecule has 1 N–H and O–H groups in total. The second-order valence-electron chi connectivity index (χ2n) is 4.90. The number of likely N-dealkylation sites (N-methyl/N-ethyl adjacent to an activating group) is 1. The fraction of sp³-hybridized carbons (Fsp3) is 0.188. The predicted molar refractivity (Wildman–Crippen MR) is 85.4 cm³/mol. The minimum atomic E-state index is 0.00160. The van der Waals surface area contributed by atoms with E-state index in [1.54, 1.807) is 23.9 Å². The van der Waals surface area contributed by atoms with Crippen LogP contribution in [0.5, 0.6) is 0 Å². The molecule has 4 nitrogen and oxygen atoms in total. The zero-order valence-corrected chi connectivity index (χ0v) is 12.7. The Hall–Kier alpha value is -2.27. The molecular formula is C16H15N3OS. The van der Waals surface area contributed by atoms with Crippen molar-refractivity contribution in [2.24, 2.45) is 0 Å². The van der Waals surface area contributed by atoms with Gasteiger partial charge in [0, 0.05) is 17.8 Å². The molecule has 1 amide bonds. The maximum absolute atomic E-state index is 11.5. The summed E-state index contributed by atoms with van der Waals surface area (Å²) in [5.74, 6) is 0.00160. The highest BCUT2D eigenvalue weighted by molar-refractivity contribution is 7.07. The fourth-order valence-corrected chi connectivity index (χ4v) is 2.85. The number of aromatic nitrogens is 2. The summed E-state index contributed by atoms with van der Waals surface area (Å²) in [6.45, 7) is 2.07. The van der Waals surface area contributed by atoms with Crippen molar-refractivity contribution in [2.45, 2.75) is 13.3 Å². The van der Waals surface area contributed by atoms with Crippen LogP contribution >= 0.6 is 11.3 Å². The Bertz CT molecular complexity index is 797. The first-order valence-electron chi connectivity index (χ1n) is 6.67.